The minimum Gasteiger partial charge on any atom is -0.356 e. The highest BCUT2D eigenvalue weighted by molar-refractivity contribution is 7.80. The molecular weight excluding hydrogens is 303 g/mol. The van der Waals surface area contributed by atoms with Crippen LogP contribution in [-0.4, -0.2) is 23.2 Å². The fourth-order valence-electron chi connectivity index (χ4n) is 2.03. The van der Waals surface area contributed by atoms with Crippen molar-refractivity contribution in [3.05, 3.63) is 28.2 Å². The van der Waals surface area contributed by atoms with Crippen molar-refractivity contribution in [3.8, 4) is 0 Å². The Hall–Kier alpha value is -0.590. The van der Waals surface area contributed by atoms with Gasteiger partial charge in [-0.3, -0.25) is 10.9 Å². The lowest BCUT2D eigenvalue weighted by atomic mass is 10.1. The maximum absolute atomic E-state index is 6.08. The molecule has 1 aromatic rings. The molecule has 4 N–H and O–H groups in total. The van der Waals surface area contributed by atoms with Crippen LogP contribution in [0.1, 0.15) is 13.8 Å². The molecule has 2 unspecified atom stereocenters. The Morgan fingerprint density at radius 1 is 1.21 bits per heavy atom. The van der Waals surface area contributed by atoms with Crippen molar-refractivity contribution >= 4 is 46.2 Å². The molecular formula is C12H16Cl2N4S. The number of thiocarbonyl (C=S) groups is 1. The van der Waals surface area contributed by atoms with Crippen molar-refractivity contribution in [1.82, 2.24) is 16.2 Å². The van der Waals surface area contributed by atoms with Crippen LogP contribution in [0.2, 0.25) is 10.0 Å². The van der Waals surface area contributed by atoms with Gasteiger partial charge in [0.25, 0.3) is 0 Å². The first-order chi connectivity index (χ1) is 8.97. The quantitative estimate of drug-likeness (QED) is 0.631. The normalized spacial score (nSPS) is 26.2. The van der Waals surface area contributed by atoms with Crippen molar-refractivity contribution in [2.75, 3.05) is 5.32 Å². The molecule has 1 fully saturated rings. The molecule has 0 aromatic heterocycles. The van der Waals surface area contributed by atoms with Gasteiger partial charge in [-0.05, 0) is 44.3 Å². The fourth-order valence-corrected chi connectivity index (χ4v) is 2.61. The van der Waals surface area contributed by atoms with Gasteiger partial charge < -0.3 is 10.6 Å². The largest absolute Gasteiger partial charge is 0.356 e. The summed E-state index contributed by atoms with van der Waals surface area (Å²) in [6.45, 7) is 4.17. The van der Waals surface area contributed by atoms with Crippen LogP contribution in [0.4, 0.5) is 5.69 Å². The van der Waals surface area contributed by atoms with E-state index < -0.39 is 0 Å². The maximum atomic E-state index is 6.08. The zero-order valence-electron chi connectivity index (χ0n) is 10.6. The maximum Gasteiger partial charge on any atom is 0.171 e. The van der Waals surface area contributed by atoms with Crippen molar-refractivity contribution < 1.29 is 0 Å². The number of hydrogen-bond donors (Lipinski definition) is 4. The third-order valence-electron chi connectivity index (χ3n) is 3.09. The Labute approximate surface area is 128 Å². The van der Waals surface area contributed by atoms with Crippen LogP contribution in [0.3, 0.4) is 0 Å². The molecule has 1 aromatic carbocycles. The predicted molar refractivity (Wildman–Crippen MR) is 84.8 cm³/mol. The first-order valence-electron chi connectivity index (χ1n) is 6.01. The van der Waals surface area contributed by atoms with E-state index in [0.717, 1.165) is 0 Å². The Morgan fingerprint density at radius 3 is 2.47 bits per heavy atom. The molecule has 7 heteroatoms. The van der Waals surface area contributed by atoms with Crippen LogP contribution in [-0.2, 0) is 0 Å². The van der Waals surface area contributed by atoms with Gasteiger partial charge in [0.1, 0.15) is 0 Å². The zero-order chi connectivity index (χ0) is 14.0. The van der Waals surface area contributed by atoms with Gasteiger partial charge in [0.2, 0.25) is 0 Å². The molecule has 0 amide bonds. The van der Waals surface area contributed by atoms with E-state index >= 15 is 0 Å². The number of benzene rings is 1. The van der Waals surface area contributed by atoms with E-state index in [4.69, 9.17) is 35.4 Å². The van der Waals surface area contributed by atoms with E-state index in [0.29, 0.717) is 20.8 Å². The summed E-state index contributed by atoms with van der Waals surface area (Å²) in [6.07, 6.45) is 0. The van der Waals surface area contributed by atoms with E-state index in [2.05, 4.69) is 35.3 Å². The summed E-state index contributed by atoms with van der Waals surface area (Å²) in [5.41, 5.74) is 7.02. The Balaban J connectivity index is 1.99. The van der Waals surface area contributed by atoms with Crippen molar-refractivity contribution in [3.63, 3.8) is 0 Å². The van der Waals surface area contributed by atoms with Gasteiger partial charge in [-0.1, -0.05) is 23.2 Å². The summed E-state index contributed by atoms with van der Waals surface area (Å²) in [6, 6.07) is 5.99. The molecule has 19 heavy (non-hydrogen) atoms. The van der Waals surface area contributed by atoms with Crippen LogP contribution in [0.15, 0.2) is 18.2 Å². The summed E-state index contributed by atoms with van der Waals surface area (Å²) >= 11 is 17.3. The number of halogens is 2. The van der Waals surface area contributed by atoms with Gasteiger partial charge in [0.15, 0.2) is 5.11 Å². The van der Waals surface area contributed by atoms with Gasteiger partial charge in [0.05, 0.1) is 16.8 Å². The lowest BCUT2D eigenvalue weighted by molar-refractivity contribution is 0.519. The van der Waals surface area contributed by atoms with Crippen LogP contribution >= 0.6 is 35.4 Å². The summed E-state index contributed by atoms with van der Waals surface area (Å²) in [7, 11) is 0. The first-order valence-corrected chi connectivity index (χ1v) is 7.17. The molecule has 0 spiro atoms. The van der Waals surface area contributed by atoms with Crippen molar-refractivity contribution in [2.45, 2.75) is 32.0 Å². The molecule has 0 aliphatic carbocycles. The van der Waals surface area contributed by atoms with E-state index in [9.17, 15) is 0 Å². The third kappa shape index (κ3) is 3.70. The van der Waals surface area contributed by atoms with Crippen LogP contribution in [0, 0.1) is 0 Å². The van der Waals surface area contributed by atoms with E-state index in [1.807, 2.05) is 0 Å². The topological polar surface area (TPSA) is 48.1 Å². The standard InChI is InChI=1S/C12H16Cl2N4S/c1-6-11(7(2)18-17-6)16-12(19)15-10-5-8(13)3-4-9(10)14/h3-7,11,17-18H,1-2H3,(H2,15,16,19). The highest BCUT2D eigenvalue weighted by Crippen LogP contribution is 2.25. The minimum absolute atomic E-state index is 0.206. The van der Waals surface area contributed by atoms with Crippen LogP contribution in [0.25, 0.3) is 0 Å². The molecule has 1 aliphatic rings. The number of rotatable bonds is 2. The number of nitrogens with one attached hydrogen (secondary N) is 4. The van der Waals surface area contributed by atoms with Crippen molar-refractivity contribution in [2.24, 2.45) is 0 Å². The highest BCUT2D eigenvalue weighted by atomic mass is 35.5. The summed E-state index contributed by atoms with van der Waals surface area (Å²) in [4.78, 5) is 0. The molecule has 1 aliphatic heterocycles. The Kier molecular flexibility index (Phi) is 4.86. The predicted octanol–water partition coefficient (Wildman–Crippen LogP) is 2.53. The monoisotopic (exact) mass is 318 g/mol. The van der Waals surface area contributed by atoms with E-state index in [1.54, 1.807) is 18.2 Å². The van der Waals surface area contributed by atoms with E-state index in [-0.39, 0.29) is 18.1 Å². The highest BCUT2D eigenvalue weighted by Gasteiger charge is 2.30. The lowest BCUT2D eigenvalue weighted by Gasteiger charge is -2.22. The van der Waals surface area contributed by atoms with Gasteiger partial charge in [-0.15, -0.1) is 0 Å². The third-order valence-corrected chi connectivity index (χ3v) is 3.87. The van der Waals surface area contributed by atoms with Gasteiger partial charge in [0, 0.05) is 17.1 Å². The second-order valence-corrected chi connectivity index (χ2v) is 5.87. The SMILES string of the molecule is CC1NNC(C)C1NC(=S)Nc1cc(Cl)ccc1Cl. The molecule has 2 atom stereocenters. The molecule has 1 saturated heterocycles. The average molecular weight is 319 g/mol. The molecule has 0 radical (unpaired) electrons. The molecule has 0 saturated carbocycles. The number of hydrogen-bond acceptors (Lipinski definition) is 3. The second-order valence-electron chi connectivity index (χ2n) is 4.61. The minimum atomic E-state index is 0.206. The smallest absolute Gasteiger partial charge is 0.171 e. The van der Waals surface area contributed by atoms with E-state index in [1.165, 1.54) is 0 Å². The molecule has 1 heterocycles. The number of anilines is 1. The summed E-state index contributed by atoms with van der Waals surface area (Å²) in [5.74, 6) is 0. The van der Waals surface area contributed by atoms with Crippen LogP contribution in [0.5, 0.6) is 0 Å². The fraction of sp³-hybridized carbons (Fsp3) is 0.417. The average Bonchev–Trinajstić information content (AvgIpc) is 2.65. The van der Waals surface area contributed by atoms with Gasteiger partial charge in [-0.25, -0.2) is 0 Å². The first kappa shape index (κ1) is 14.8. The summed E-state index contributed by atoms with van der Waals surface area (Å²) < 4.78 is 0. The molecule has 4 nitrogen and oxygen atoms in total. The lowest BCUT2D eigenvalue weighted by Crippen LogP contribution is -2.47. The van der Waals surface area contributed by atoms with Crippen molar-refractivity contribution in [1.29, 1.82) is 0 Å². The second kappa shape index (κ2) is 6.24. The Bertz CT molecular complexity index is 473. The molecule has 0 bridgehead atoms. The summed E-state index contributed by atoms with van der Waals surface area (Å²) in [5, 5.41) is 8.05. The van der Waals surface area contributed by atoms with Gasteiger partial charge >= 0.3 is 0 Å². The number of hydrazine groups is 1. The van der Waals surface area contributed by atoms with Gasteiger partial charge in [-0.2, -0.15) is 0 Å². The molecule has 104 valence electrons. The zero-order valence-corrected chi connectivity index (χ0v) is 13.0. The Morgan fingerprint density at radius 2 is 1.84 bits per heavy atom. The molecule has 2 rings (SSSR count). The van der Waals surface area contributed by atoms with Crippen LogP contribution < -0.4 is 21.5 Å².